The number of halogens is 2. The zero-order chi connectivity index (χ0) is 15.7. The van der Waals surface area contributed by atoms with Crippen LogP contribution in [-0.4, -0.2) is 25.5 Å². The molecule has 0 aliphatic rings. The molecule has 1 aromatic carbocycles. The molecule has 1 rings (SSSR count). The average molecular weight is 324 g/mol. The van der Waals surface area contributed by atoms with Crippen molar-refractivity contribution in [2.24, 2.45) is 5.41 Å². The van der Waals surface area contributed by atoms with E-state index in [0.717, 1.165) is 18.2 Å². The second-order valence-electron chi connectivity index (χ2n) is 5.33. The van der Waals surface area contributed by atoms with E-state index in [1.807, 2.05) is 0 Å². The summed E-state index contributed by atoms with van der Waals surface area (Å²) in [6, 6.07) is 1.53. The third-order valence-corrected chi connectivity index (χ3v) is 4.30. The summed E-state index contributed by atoms with van der Waals surface area (Å²) in [7, 11) is -4.11. The lowest BCUT2D eigenvalue weighted by Crippen LogP contribution is -2.48. The first-order chi connectivity index (χ1) is 8.95. The Kier molecular flexibility index (Phi) is 4.78. The van der Waals surface area contributed by atoms with Gasteiger partial charge >= 0.3 is 5.97 Å². The number of hydrogen-bond donors (Lipinski definition) is 2. The highest BCUT2D eigenvalue weighted by molar-refractivity contribution is 7.89. The van der Waals surface area contributed by atoms with Gasteiger partial charge in [0.1, 0.15) is 11.9 Å². The van der Waals surface area contributed by atoms with Crippen molar-refractivity contribution < 1.29 is 22.7 Å². The van der Waals surface area contributed by atoms with Crippen LogP contribution in [0, 0.1) is 11.2 Å². The van der Waals surface area contributed by atoms with Crippen molar-refractivity contribution in [2.75, 3.05) is 0 Å². The van der Waals surface area contributed by atoms with Crippen LogP contribution in [-0.2, 0) is 14.8 Å². The number of sulfonamides is 1. The Morgan fingerprint density at radius 3 is 2.35 bits per heavy atom. The van der Waals surface area contributed by atoms with Crippen molar-refractivity contribution in [2.45, 2.75) is 31.7 Å². The van der Waals surface area contributed by atoms with Crippen LogP contribution in [0.15, 0.2) is 23.1 Å². The highest BCUT2D eigenvalue weighted by Crippen LogP contribution is 2.23. The molecule has 0 radical (unpaired) electrons. The molecule has 0 heterocycles. The van der Waals surface area contributed by atoms with E-state index in [4.69, 9.17) is 16.7 Å². The van der Waals surface area contributed by atoms with Crippen LogP contribution in [0.2, 0.25) is 5.02 Å². The molecule has 5 nitrogen and oxygen atoms in total. The molecule has 20 heavy (non-hydrogen) atoms. The van der Waals surface area contributed by atoms with Crippen molar-refractivity contribution >= 4 is 27.6 Å². The van der Waals surface area contributed by atoms with Gasteiger partial charge in [0.15, 0.2) is 0 Å². The van der Waals surface area contributed by atoms with Crippen LogP contribution >= 0.6 is 11.6 Å². The molecule has 0 saturated carbocycles. The first kappa shape index (κ1) is 16.9. The highest BCUT2D eigenvalue weighted by Gasteiger charge is 2.35. The van der Waals surface area contributed by atoms with Crippen LogP contribution in [0.5, 0.6) is 0 Å². The van der Waals surface area contributed by atoms with Gasteiger partial charge in [-0.1, -0.05) is 32.4 Å². The summed E-state index contributed by atoms with van der Waals surface area (Å²) in [4.78, 5) is 10.9. The third-order valence-electron chi connectivity index (χ3n) is 2.59. The number of carboxylic acid groups (broad SMARTS) is 1. The summed E-state index contributed by atoms with van der Waals surface area (Å²) in [5.41, 5.74) is -0.831. The van der Waals surface area contributed by atoms with Gasteiger partial charge in [0, 0.05) is 0 Å². The molecular formula is C12H15ClFNO4S. The smallest absolute Gasteiger partial charge is 0.322 e. The number of nitrogens with one attached hydrogen (secondary N) is 1. The van der Waals surface area contributed by atoms with E-state index < -0.39 is 33.3 Å². The van der Waals surface area contributed by atoms with Gasteiger partial charge < -0.3 is 5.11 Å². The normalized spacial score (nSPS) is 14.1. The molecule has 8 heteroatoms. The molecule has 1 aromatic rings. The van der Waals surface area contributed by atoms with Gasteiger partial charge in [0.25, 0.3) is 0 Å². The Morgan fingerprint density at radius 2 is 1.95 bits per heavy atom. The zero-order valence-corrected chi connectivity index (χ0v) is 12.7. The predicted molar refractivity (Wildman–Crippen MR) is 72.6 cm³/mol. The first-order valence-corrected chi connectivity index (χ1v) is 7.51. The monoisotopic (exact) mass is 323 g/mol. The number of aliphatic carboxylic acids is 1. The summed E-state index contributed by atoms with van der Waals surface area (Å²) in [5, 5.41) is 8.75. The predicted octanol–water partition coefficient (Wildman–Crippen LogP) is 2.26. The molecule has 0 fully saturated rings. The van der Waals surface area contributed by atoms with E-state index in [-0.39, 0.29) is 9.92 Å². The topological polar surface area (TPSA) is 83.5 Å². The van der Waals surface area contributed by atoms with E-state index >= 15 is 0 Å². The number of carboxylic acids is 1. The van der Waals surface area contributed by atoms with E-state index in [0.29, 0.717) is 0 Å². The fraction of sp³-hybridized carbons (Fsp3) is 0.417. The minimum absolute atomic E-state index is 0.292. The Hall–Kier alpha value is -1.18. The molecule has 112 valence electrons. The molecule has 0 spiro atoms. The standard InChI is InChI=1S/C12H15ClFNO4S/c1-12(2,3)10(11(16)17)15-20(18,19)7-4-5-9(14)8(13)6-7/h4-6,10,15H,1-3H3,(H,16,17)/t10-/m1/s1. The molecule has 1 atom stereocenters. The number of rotatable bonds is 4. The van der Waals surface area contributed by atoms with Crippen molar-refractivity contribution in [1.82, 2.24) is 4.72 Å². The SMILES string of the molecule is CC(C)(C)[C@H](NS(=O)(=O)c1ccc(F)c(Cl)c1)C(=O)O. The van der Waals surface area contributed by atoms with Gasteiger partial charge in [-0.05, 0) is 23.6 Å². The third kappa shape index (κ3) is 3.91. The summed E-state index contributed by atoms with van der Waals surface area (Å²) in [6.07, 6.45) is 0. The van der Waals surface area contributed by atoms with Gasteiger partial charge in [0.05, 0.1) is 9.92 Å². The Bertz CT molecular complexity index is 625. The lowest BCUT2D eigenvalue weighted by Gasteiger charge is -2.27. The van der Waals surface area contributed by atoms with Crippen LogP contribution in [0.3, 0.4) is 0 Å². The quantitative estimate of drug-likeness (QED) is 0.890. The molecule has 0 amide bonds. The lowest BCUT2D eigenvalue weighted by molar-refractivity contribution is -0.141. The largest absolute Gasteiger partial charge is 0.480 e. The molecule has 0 saturated heterocycles. The van der Waals surface area contributed by atoms with Gasteiger partial charge in [0.2, 0.25) is 10.0 Å². The summed E-state index contributed by atoms with van der Waals surface area (Å²) in [5.74, 6) is -2.05. The number of hydrogen-bond acceptors (Lipinski definition) is 3. The molecule has 0 aliphatic carbocycles. The van der Waals surface area contributed by atoms with E-state index in [9.17, 15) is 17.6 Å². The minimum Gasteiger partial charge on any atom is -0.480 e. The molecule has 2 N–H and O–H groups in total. The Morgan fingerprint density at radius 1 is 1.40 bits per heavy atom. The Balaban J connectivity index is 3.16. The highest BCUT2D eigenvalue weighted by atomic mass is 35.5. The van der Waals surface area contributed by atoms with E-state index in [2.05, 4.69) is 4.72 Å². The summed E-state index contributed by atoms with van der Waals surface area (Å²) in [6.45, 7) is 4.77. The lowest BCUT2D eigenvalue weighted by atomic mass is 9.88. The van der Waals surface area contributed by atoms with Gasteiger partial charge in [-0.3, -0.25) is 4.79 Å². The zero-order valence-electron chi connectivity index (χ0n) is 11.1. The van der Waals surface area contributed by atoms with Gasteiger partial charge in [-0.15, -0.1) is 0 Å². The fourth-order valence-electron chi connectivity index (χ4n) is 1.46. The molecular weight excluding hydrogens is 309 g/mol. The van der Waals surface area contributed by atoms with E-state index in [1.165, 1.54) is 0 Å². The van der Waals surface area contributed by atoms with Crippen molar-refractivity contribution in [1.29, 1.82) is 0 Å². The fourth-order valence-corrected chi connectivity index (χ4v) is 3.13. The number of benzene rings is 1. The van der Waals surface area contributed by atoms with Crippen LogP contribution in [0.1, 0.15) is 20.8 Å². The maximum atomic E-state index is 13.0. The van der Waals surface area contributed by atoms with Crippen LogP contribution in [0.4, 0.5) is 4.39 Å². The summed E-state index contributed by atoms with van der Waals surface area (Å²) >= 11 is 5.53. The van der Waals surface area contributed by atoms with Crippen molar-refractivity contribution in [3.05, 3.63) is 29.0 Å². The second kappa shape index (κ2) is 5.67. The van der Waals surface area contributed by atoms with Crippen LogP contribution < -0.4 is 4.72 Å². The van der Waals surface area contributed by atoms with Crippen molar-refractivity contribution in [3.63, 3.8) is 0 Å². The number of carbonyl (C=O) groups is 1. The maximum absolute atomic E-state index is 13.0. The van der Waals surface area contributed by atoms with Crippen LogP contribution in [0.25, 0.3) is 0 Å². The first-order valence-electron chi connectivity index (χ1n) is 5.65. The molecule has 0 aromatic heterocycles. The maximum Gasteiger partial charge on any atom is 0.322 e. The summed E-state index contributed by atoms with van der Waals surface area (Å²) < 4.78 is 39.3. The van der Waals surface area contributed by atoms with Crippen molar-refractivity contribution in [3.8, 4) is 0 Å². The van der Waals surface area contributed by atoms with Gasteiger partial charge in [-0.25, -0.2) is 12.8 Å². The van der Waals surface area contributed by atoms with Gasteiger partial charge in [-0.2, -0.15) is 4.72 Å². The second-order valence-corrected chi connectivity index (χ2v) is 7.46. The molecule has 0 bridgehead atoms. The Labute approximate surface area is 121 Å². The average Bonchev–Trinajstić information content (AvgIpc) is 2.27. The minimum atomic E-state index is -4.11. The molecule has 0 unspecified atom stereocenters. The van der Waals surface area contributed by atoms with E-state index in [1.54, 1.807) is 20.8 Å². The molecule has 0 aliphatic heterocycles.